The van der Waals surface area contributed by atoms with Crippen molar-refractivity contribution < 1.29 is 14.4 Å². The number of likely N-dealkylation sites (N-methyl/N-ethyl adjacent to an activating group) is 2. The van der Waals surface area contributed by atoms with Crippen LogP contribution in [0.25, 0.3) is 0 Å². The molecule has 0 aromatic rings. The zero-order chi connectivity index (χ0) is 17.7. The second-order valence-corrected chi connectivity index (χ2v) is 7.13. The lowest BCUT2D eigenvalue weighted by molar-refractivity contribution is -0.142. The van der Waals surface area contributed by atoms with Gasteiger partial charge in [0.25, 0.3) is 0 Å². The Morgan fingerprint density at radius 3 is 2.38 bits per heavy atom. The molecule has 2 aliphatic heterocycles. The smallest absolute Gasteiger partial charge is 0.226 e. The summed E-state index contributed by atoms with van der Waals surface area (Å²) in [6.07, 6.45) is 2.62. The molecule has 7 heteroatoms. The monoisotopic (exact) mass is 338 g/mol. The van der Waals surface area contributed by atoms with E-state index in [1.54, 1.807) is 11.9 Å². The van der Waals surface area contributed by atoms with Crippen LogP contribution >= 0.6 is 0 Å². The lowest BCUT2D eigenvalue weighted by atomic mass is 9.95. The van der Waals surface area contributed by atoms with E-state index >= 15 is 0 Å². The molecule has 136 valence electrons. The Bertz CT molecular complexity index is 474. The van der Waals surface area contributed by atoms with Crippen LogP contribution in [0.3, 0.4) is 0 Å². The topological polar surface area (TPSA) is 73.0 Å². The third-order valence-electron chi connectivity index (χ3n) is 5.02. The van der Waals surface area contributed by atoms with Gasteiger partial charge >= 0.3 is 0 Å². The number of amides is 3. The highest BCUT2D eigenvalue weighted by Gasteiger charge is 2.31. The Hall–Kier alpha value is -1.63. The number of nitrogens with one attached hydrogen (secondary N) is 1. The van der Waals surface area contributed by atoms with E-state index in [2.05, 4.69) is 17.3 Å². The minimum Gasteiger partial charge on any atom is -0.352 e. The lowest BCUT2D eigenvalue weighted by Gasteiger charge is -2.34. The Balaban J connectivity index is 1.99. The molecule has 2 rings (SSSR count). The summed E-state index contributed by atoms with van der Waals surface area (Å²) in [6.45, 7) is 5.25. The molecule has 0 unspecified atom stereocenters. The average molecular weight is 338 g/mol. The van der Waals surface area contributed by atoms with Gasteiger partial charge in [0.1, 0.15) is 0 Å². The fourth-order valence-corrected chi connectivity index (χ4v) is 3.50. The molecule has 2 atom stereocenters. The summed E-state index contributed by atoms with van der Waals surface area (Å²) in [5, 5.41) is 2.91. The van der Waals surface area contributed by atoms with Crippen LogP contribution in [0.5, 0.6) is 0 Å². The molecule has 1 N–H and O–H groups in total. The van der Waals surface area contributed by atoms with E-state index in [0.717, 1.165) is 39.0 Å². The maximum Gasteiger partial charge on any atom is 0.226 e. The number of rotatable bonds is 2. The molecule has 0 bridgehead atoms. The Labute approximate surface area is 144 Å². The van der Waals surface area contributed by atoms with E-state index in [0.29, 0.717) is 13.0 Å². The first kappa shape index (κ1) is 18.7. The van der Waals surface area contributed by atoms with Crippen LogP contribution in [0.2, 0.25) is 0 Å². The van der Waals surface area contributed by atoms with Crippen LogP contribution in [0, 0.1) is 5.92 Å². The van der Waals surface area contributed by atoms with Crippen molar-refractivity contribution in [2.75, 3.05) is 46.8 Å². The van der Waals surface area contributed by atoms with Crippen LogP contribution in [-0.2, 0) is 14.4 Å². The minimum atomic E-state index is -0.237. The molecule has 0 aliphatic carbocycles. The third kappa shape index (κ3) is 5.19. The Kier molecular flexibility index (Phi) is 6.60. The molecule has 7 nitrogen and oxygen atoms in total. The van der Waals surface area contributed by atoms with Gasteiger partial charge in [-0.05, 0) is 19.9 Å². The molecule has 0 saturated carbocycles. The van der Waals surface area contributed by atoms with Crippen molar-refractivity contribution in [2.45, 2.75) is 38.6 Å². The fraction of sp³-hybridized carbons (Fsp3) is 0.824. The Morgan fingerprint density at radius 2 is 1.75 bits per heavy atom. The van der Waals surface area contributed by atoms with Gasteiger partial charge < -0.3 is 20.0 Å². The summed E-state index contributed by atoms with van der Waals surface area (Å²) >= 11 is 0. The zero-order valence-corrected chi connectivity index (χ0v) is 15.1. The highest BCUT2D eigenvalue weighted by atomic mass is 16.2. The van der Waals surface area contributed by atoms with Crippen LogP contribution in [0.1, 0.15) is 32.6 Å². The standard InChI is InChI=1S/C17H30N4O3/c1-13(22)18-15-6-4-5-14(11-16(23)20(3)12-15)17(24)21-9-7-19(2)8-10-21/h14-15H,4-12H2,1-3H3,(H,18,22)/t14-,15-/m1/s1. The molecule has 2 heterocycles. The molecular formula is C17H30N4O3. The van der Waals surface area contributed by atoms with Crippen molar-refractivity contribution in [1.29, 1.82) is 0 Å². The molecule has 0 aromatic heterocycles. The predicted molar refractivity (Wildman–Crippen MR) is 91.3 cm³/mol. The van der Waals surface area contributed by atoms with E-state index in [1.165, 1.54) is 6.92 Å². The van der Waals surface area contributed by atoms with Crippen molar-refractivity contribution in [2.24, 2.45) is 5.92 Å². The molecule has 0 aromatic carbocycles. The van der Waals surface area contributed by atoms with Crippen LogP contribution < -0.4 is 5.32 Å². The number of carbonyl (C=O) groups is 3. The summed E-state index contributed by atoms with van der Waals surface area (Å²) in [6, 6.07) is -0.0334. The van der Waals surface area contributed by atoms with Gasteiger partial charge in [0.2, 0.25) is 17.7 Å². The summed E-state index contributed by atoms with van der Waals surface area (Å²) in [5.74, 6) is -0.216. The minimum absolute atomic E-state index is 0.0141. The Morgan fingerprint density at radius 1 is 1.08 bits per heavy atom. The quantitative estimate of drug-likeness (QED) is 0.764. The number of hydrogen-bond acceptors (Lipinski definition) is 4. The zero-order valence-electron chi connectivity index (χ0n) is 15.1. The number of hydrogen-bond donors (Lipinski definition) is 1. The average Bonchev–Trinajstić information content (AvgIpc) is 2.58. The normalized spacial score (nSPS) is 27.2. The maximum absolute atomic E-state index is 12.8. The van der Waals surface area contributed by atoms with Crippen molar-refractivity contribution >= 4 is 17.7 Å². The lowest BCUT2D eigenvalue weighted by Crippen LogP contribution is -2.49. The number of nitrogens with zero attached hydrogens (tertiary/aromatic N) is 3. The van der Waals surface area contributed by atoms with Crippen LogP contribution in [-0.4, -0.2) is 85.3 Å². The molecule has 3 amide bonds. The summed E-state index contributed by atoms with van der Waals surface area (Å²) < 4.78 is 0. The second kappa shape index (κ2) is 8.46. The molecule has 0 radical (unpaired) electrons. The molecular weight excluding hydrogens is 308 g/mol. The molecule has 2 fully saturated rings. The van der Waals surface area contributed by atoms with Gasteiger partial charge in [0.05, 0.1) is 0 Å². The van der Waals surface area contributed by atoms with Gasteiger partial charge in [-0.1, -0.05) is 6.42 Å². The van der Waals surface area contributed by atoms with Crippen LogP contribution in [0.4, 0.5) is 0 Å². The van der Waals surface area contributed by atoms with E-state index in [1.807, 2.05) is 4.90 Å². The molecule has 24 heavy (non-hydrogen) atoms. The van der Waals surface area contributed by atoms with Gasteiger partial charge in [-0.3, -0.25) is 14.4 Å². The molecule has 2 aliphatic rings. The van der Waals surface area contributed by atoms with Gasteiger partial charge in [0.15, 0.2) is 0 Å². The highest BCUT2D eigenvalue weighted by Crippen LogP contribution is 2.21. The van der Waals surface area contributed by atoms with Gasteiger partial charge in [-0.2, -0.15) is 0 Å². The first-order chi connectivity index (χ1) is 11.4. The van der Waals surface area contributed by atoms with E-state index in [9.17, 15) is 14.4 Å². The summed E-state index contributed by atoms with van der Waals surface area (Å²) in [4.78, 5) is 42.3. The maximum atomic E-state index is 12.8. The number of piperazine rings is 1. The SMILES string of the molecule is CC(=O)N[C@@H]1CCC[C@@H](C(=O)N2CCN(C)CC2)CC(=O)N(C)C1. The van der Waals surface area contributed by atoms with Crippen molar-refractivity contribution in [3.8, 4) is 0 Å². The van der Waals surface area contributed by atoms with Crippen molar-refractivity contribution in [3.63, 3.8) is 0 Å². The van der Waals surface area contributed by atoms with Gasteiger partial charge in [-0.15, -0.1) is 0 Å². The van der Waals surface area contributed by atoms with Crippen molar-refractivity contribution in [1.82, 2.24) is 20.0 Å². The van der Waals surface area contributed by atoms with Gasteiger partial charge in [-0.25, -0.2) is 0 Å². The predicted octanol–water partition coefficient (Wildman–Crippen LogP) is -0.0863. The molecule has 0 spiro atoms. The van der Waals surface area contributed by atoms with Crippen molar-refractivity contribution in [3.05, 3.63) is 0 Å². The molecule has 2 saturated heterocycles. The third-order valence-corrected chi connectivity index (χ3v) is 5.02. The largest absolute Gasteiger partial charge is 0.352 e. The van der Waals surface area contributed by atoms with E-state index in [-0.39, 0.29) is 36.1 Å². The second-order valence-electron chi connectivity index (χ2n) is 7.13. The summed E-state index contributed by atoms with van der Waals surface area (Å²) in [5.41, 5.74) is 0. The summed E-state index contributed by atoms with van der Waals surface area (Å²) in [7, 11) is 3.81. The number of carbonyl (C=O) groups excluding carboxylic acids is 3. The van der Waals surface area contributed by atoms with E-state index in [4.69, 9.17) is 0 Å². The first-order valence-electron chi connectivity index (χ1n) is 8.85. The highest BCUT2D eigenvalue weighted by molar-refractivity contribution is 5.86. The van der Waals surface area contributed by atoms with Gasteiger partial charge in [0, 0.05) is 65.1 Å². The first-order valence-corrected chi connectivity index (χ1v) is 8.85. The van der Waals surface area contributed by atoms with Crippen LogP contribution in [0.15, 0.2) is 0 Å². The fourth-order valence-electron chi connectivity index (χ4n) is 3.50. The van der Waals surface area contributed by atoms with E-state index < -0.39 is 0 Å².